The van der Waals surface area contributed by atoms with E-state index in [1.807, 2.05) is 0 Å². The highest BCUT2D eigenvalue weighted by Crippen LogP contribution is 2.40. The number of rotatable bonds is 23. The van der Waals surface area contributed by atoms with Crippen LogP contribution in [-0.2, 0) is 27.3 Å². The minimum atomic E-state index is -1.26. The average molecular weight is 1420 g/mol. The molecule has 524 valence electrons. The van der Waals surface area contributed by atoms with Crippen molar-refractivity contribution in [3.8, 4) is 86.8 Å². The van der Waals surface area contributed by atoms with Gasteiger partial charge in [-0.15, -0.1) is 6.42 Å². The molecule has 28 nitrogen and oxygen atoms in total. The van der Waals surface area contributed by atoms with Crippen LogP contribution in [0.2, 0.25) is 0 Å². The smallest absolute Gasteiger partial charge is 0.322 e. The number of methoxy groups -OCH3 is 1. The number of carbonyl (C=O) groups excluding carboxylic acids is 5. The normalized spacial score (nSPS) is 11.8. The Balaban J connectivity index is 0.776. The number of terminal acetylenes is 1. The molecule has 0 bridgehead atoms. The van der Waals surface area contributed by atoms with Crippen molar-refractivity contribution in [3.05, 3.63) is 235 Å². The molecule has 105 heavy (non-hydrogen) atoms. The van der Waals surface area contributed by atoms with Crippen molar-refractivity contribution in [1.82, 2.24) is 59.7 Å². The Bertz CT molecular complexity index is 5360. The van der Waals surface area contributed by atoms with Gasteiger partial charge in [-0.25, -0.2) is 62.4 Å². The van der Waals surface area contributed by atoms with Crippen molar-refractivity contribution in [2.45, 2.75) is 19.9 Å². The third kappa shape index (κ3) is 16.3. The van der Waals surface area contributed by atoms with E-state index in [0.29, 0.717) is 22.8 Å². The number of nitrogens with one attached hydrogen (secondary N) is 4. The summed E-state index contributed by atoms with van der Waals surface area (Å²) in [6.45, 7) is 8.17. The van der Waals surface area contributed by atoms with Crippen LogP contribution in [0.25, 0.3) is 33.4 Å². The van der Waals surface area contributed by atoms with Gasteiger partial charge in [0.2, 0.25) is 11.8 Å². The number of nitrogens with zero attached hydrogens (tertiary/aromatic N) is 13. The fourth-order valence-electron chi connectivity index (χ4n) is 10.6. The van der Waals surface area contributed by atoms with E-state index in [2.05, 4.69) is 95.2 Å². The summed E-state index contributed by atoms with van der Waals surface area (Å²) < 4.78 is 84.8. The maximum absolute atomic E-state index is 16.5. The molecule has 8 heterocycles. The highest BCUT2D eigenvalue weighted by molar-refractivity contribution is 6.09. The second kappa shape index (κ2) is 30.9. The van der Waals surface area contributed by atoms with Crippen LogP contribution in [0.15, 0.2) is 178 Å². The van der Waals surface area contributed by atoms with Gasteiger partial charge in [-0.05, 0) is 121 Å². The number of halogens is 4. The largest absolute Gasteiger partial charge is 0.495 e. The van der Waals surface area contributed by atoms with Gasteiger partial charge in [0.05, 0.1) is 58.9 Å². The molecule has 11 aromatic rings. The number of piperazine rings is 1. The number of aryl methyl sites for hydroxylation is 1. The molecule has 1 fully saturated rings. The second-order valence-corrected chi connectivity index (χ2v) is 22.7. The van der Waals surface area contributed by atoms with Gasteiger partial charge in [-0.2, -0.15) is 9.97 Å². The van der Waals surface area contributed by atoms with Crippen LogP contribution in [0, 0.1) is 36.7 Å². The predicted molar refractivity (Wildman–Crippen MR) is 376 cm³/mol. The topological polar surface area (TPSA) is 371 Å². The van der Waals surface area contributed by atoms with Crippen LogP contribution in [0.5, 0.6) is 41.0 Å². The van der Waals surface area contributed by atoms with Crippen LogP contribution in [-0.4, -0.2) is 116 Å². The van der Waals surface area contributed by atoms with Crippen molar-refractivity contribution in [2.24, 2.45) is 0 Å². The minimum absolute atomic E-state index is 0.00632. The van der Waals surface area contributed by atoms with Crippen LogP contribution < -0.4 is 56.6 Å². The first-order chi connectivity index (χ1) is 50.7. The minimum Gasteiger partial charge on any atom is -0.495 e. The monoisotopic (exact) mass is 1420 g/mol. The summed E-state index contributed by atoms with van der Waals surface area (Å²) >= 11 is 0. The quantitative estimate of drug-likeness (QED) is 0.0197. The molecule has 0 atom stereocenters. The average Bonchev–Trinajstić information content (AvgIpc) is 0.795. The molecule has 1 aliphatic rings. The molecule has 5 amide bonds. The number of anilines is 7. The Hall–Kier alpha value is -14.6. The maximum atomic E-state index is 16.5. The third-order valence-electron chi connectivity index (χ3n) is 15.7. The zero-order valence-corrected chi connectivity index (χ0v) is 55.2. The number of benzene rings is 4. The van der Waals surface area contributed by atoms with E-state index < -0.39 is 52.8 Å². The summed E-state index contributed by atoms with van der Waals surface area (Å²) in [6, 6.07) is 25.9. The summed E-state index contributed by atoms with van der Waals surface area (Å²) in [5.74, 6) is -5.44. The van der Waals surface area contributed by atoms with Crippen molar-refractivity contribution >= 4 is 69.9 Å². The lowest BCUT2D eigenvalue weighted by Crippen LogP contribution is -2.52. The number of hydrogen-bond acceptors (Lipinski definition) is 23. The van der Waals surface area contributed by atoms with E-state index >= 15 is 13.2 Å². The zero-order chi connectivity index (χ0) is 74.0. The molecule has 4 aromatic carbocycles. The van der Waals surface area contributed by atoms with Gasteiger partial charge >= 0.3 is 18.0 Å². The van der Waals surface area contributed by atoms with E-state index in [4.69, 9.17) is 36.8 Å². The first-order valence-electron chi connectivity index (χ1n) is 31.3. The first kappa shape index (κ1) is 70.2. The third-order valence-corrected chi connectivity index (χ3v) is 15.7. The Morgan fingerprint density at radius 2 is 1.24 bits per heavy atom. The highest BCUT2D eigenvalue weighted by Gasteiger charge is 2.31. The molecule has 1 aliphatic heterocycles. The van der Waals surface area contributed by atoms with E-state index in [1.54, 1.807) is 25.1 Å². The van der Waals surface area contributed by atoms with E-state index in [9.17, 15) is 28.4 Å². The SMILES string of the molecule is C#Cc1ccc(C(=O)Nc2cc(Cc3ccnc(Oc4ccc(-c5cnc(NCc6ccnc(Oc7ccc(-c8c(N)ncnc8N8CCN(C(=O)C=C)CC8=O)cc7F)n6)cc5NC(=O)c5ccc(NC(=O)C(=C)F)c(OC)c5)cc4F)n3)nc(N)c2-c2ccc(Oc3nccc(C)n3)c(F)c2)cn1. The molecule has 7 aromatic heterocycles. The fourth-order valence-corrected chi connectivity index (χ4v) is 10.6. The summed E-state index contributed by atoms with van der Waals surface area (Å²) in [6.07, 6.45) is 14.6. The number of carbonyl (C=O) groups is 5. The molecule has 0 saturated carbocycles. The van der Waals surface area contributed by atoms with Crippen molar-refractivity contribution in [1.29, 1.82) is 0 Å². The molecule has 12 rings (SSSR count). The van der Waals surface area contributed by atoms with Gasteiger partial charge in [0.25, 0.3) is 17.7 Å². The Morgan fingerprint density at radius 1 is 0.619 bits per heavy atom. The Kier molecular flexibility index (Phi) is 20.6. The molecular weight excluding hydrogens is 1360 g/mol. The second-order valence-electron chi connectivity index (χ2n) is 22.7. The molecule has 0 unspecified atom stereocenters. The zero-order valence-electron chi connectivity index (χ0n) is 55.2. The van der Waals surface area contributed by atoms with Gasteiger partial charge in [0.1, 0.15) is 47.6 Å². The standard InChI is InChI=1S/C73H55F4N19O9/c1-6-45-13-8-44(33-83-45)70(101)94-55-31-48(89-66(79)63(55)41-11-16-57(51(76)27-41)103-71-80-21-18-38(3)88-71)30-46-19-22-81-72(90-46)104-56-15-10-40(26-50(56)75)49-35-85-60(32-54(49)93-69(100)43-9-14-53(59(29-43)102-5)92-68(99)39(4)74)84-34-47-20-23-82-73(91-47)105-58-17-12-42(28-52(58)77)64-65(78)86-37-87-67(64)96-25-24-95(36-62(96)98)61(97)7-2/h1,7-23,26-29,31-33,35,37H,2,4,24-25,30,34,36H2,3,5H3,(H,92,99)(H2,78,86,87)(H3,79,89,94,101)(H2,84,85,93,100). The number of hydrogen-bond donors (Lipinski definition) is 6. The van der Waals surface area contributed by atoms with Gasteiger partial charge < -0.3 is 56.6 Å². The van der Waals surface area contributed by atoms with Crippen molar-refractivity contribution in [3.63, 3.8) is 0 Å². The van der Waals surface area contributed by atoms with Crippen LogP contribution in [0.1, 0.15) is 49.2 Å². The summed E-state index contributed by atoms with van der Waals surface area (Å²) in [5, 5.41) is 11.1. The highest BCUT2D eigenvalue weighted by atomic mass is 19.1. The van der Waals surface area contributed by atoms with Crippen LogP contribution >= 0.6 is 0 Å². The number of pyridine rings is 3. The van der Waals surface area contributed by atoms with E-state index in [0.717, 1.165) is 24.3 Å². The van der Waals surface area contributed by atoms with Gasteiger partial charge in [0.15, 0.2) is 40.5 Å². The van der Waals surface area contributed by atoms with Crippen LogP contribution in [0.3, 0.4) is 0 Å². The van der Waals surface area contributed by atoms with E-state index in [-0.39, 0.29) is 164 Å². The van der Waals surface area contributed by atoms with E-state index in [1.165, 1.54) is 133 Å². The number of amides is 5. The van der Waals surface area contributed by atoms with Crippen molar-refractivity contribution in [2.75, 3.05) is 64.4 Å². The lowest BCUT2D eigenvalue weighted by atomic mass is 10.0. The van der Waals surface area contributed by atoms with Crippen LogP contribution in [0.4, 0.5) is 57.9 Å². The van der Waals surface area contributed by atoms with Crippen molar-refractivity contribution < 1.29 is 60.5 Å². The molecule has 0 radical (unpaired) electrons. The first-order valence-corrected chi connectivity index (χ1v) is 31.3. The van der Waals surface area contributed by atoms with Gasteiger partial charge in [-0.3, -0.25) is 28.9 Å². The number of ether oxygens (including phenoxy) is 4. The molecule has 0 spiro atoms. The lowest BCUT2D eigenvalue weighted by molar-refractivity contribution is -0.133. The summed E-state index contributed by atoms with van der Waals surface area (Å²) in [4.78, 5) is 115. The Morgan fingerprint density at radius 3 is 1.87 bits per heavy atom. The number of aromatic nitrogens is 11. The molecular formula is C73H55F4N19O9. The van der Waals surface area contributed by atoms with Gasteiger partial charge in [0, 0.05) is 78.9 Å². The molecule has 0 aliphatic carbocycles. The maximum Gasteiger partial charge on any atom is 0.322 e. The number of nitrogen functional groups attached to an aromatic ring is 2. The number of nitrogens with two attached hydrogens (primary N) is 2. The molecule has 8 N–H and O–H groups in total. The predicted octanol–water partition coefficient (Wildman–Crippen LogP) is 10.8. The molecule has 32 heteroatoms. The Labute approximate surface area is 593 Å². The summed E-state index contributed by atoms with van der Waals surface area (Å²) in [5.41, 5.74) is 16.3. The summed E-state index contributed by atoms with van der Waals surface area (Å²) in [7, 11) is 1.27. The lowest BCUT2D eigenvalue weighted by Gasteiger charge is -2.34. The van der Waals surface area contributed by atoms with Gasteiger partial charge in [-0.1, -0.05) is 37.3 Å². The fraction of sp³-hybridized carbons (Fsp3) is 0.0959. The molecule has 1 saturated heterocycles.